The zero-order valence-electron chi connectivity index (χ0n) is 15.4. The summed E-state index contributed by atoms with van der Waals surface area (Å²) in [7, 11) is 1.68. The van der Waals surface area contributed by atoms with Crippen LogP contribution in [-0.4, -0.2) is 47.4 Å². The predicted octanol–water partition coefficient (Wildman–Crippen LogP) is 2.73. The van der Waals surface area contributed by atoms with Crippen LogP contribution in [-0.2, 0) is 4.74 Å². The van der Waals surface area contributed by atoms with Gasteiger partial charge in [0.15, 0.2) is 0 Å². The summed E-state index contributed by atoms with van der Waals surface area (Å²) in [6.45, 7) is 6.67. The van der Waals surface area contributed by atoms with Gasteiger partial charge in [0, 0.05) is 19.1 Å². The Bertz CT molecular complexity index is 896. The van der Waals surface area contributed by atoms with Crippen LogP contribution in [0.25, 0.3) is 5.70 Å². The molecule has 0 radical (unpaired) electrons. The van der Waals surface area contributed by atoms with E-state index in [1.54, 1.807) is 7.11 Å². The molecule has 0 spiro atoms. The van der Waals surface area contributed by atoms with Crippen LogP contribution in [0.5, 0.6) is 5.75 Å². The number of hydrogen-bond donors (Lipinski definition) is 1. The lowest BCUT2D eigenvalue weighted by Crippen LogP contribution is -2.42. The van der Waals surface area contributed by atoms with Crippen molar-refractivity contribution in [1.82, 2.24) is 14.6 Å². The standard InChI is InChI=1S/C20H23N5O2/c1-13-18-11-21-19(15-7-9-27-10-8-15)25(18)23-20-22-17(12-24(13)20)14-3-5-16(26-2)6-4-14/h3-6,11,15,17H,1,7-10,12H2,2H3,(H,22,23). The summed E-state index contributed by atoms with van der Waals surface area (Å²) in [5.74, 6) is 3.14. The van der Waals surface area contributed by atoms with Crippen molar-refractivity contribution in [3.8, 4) is 5.75 Å². The number of nitrogens with one attached hydrogen (secondary N) is 1. The minimum absolute atomic E-state index is 0.0688. The van der Waals surface area contributed by atoms with Crippen LogP contribution in [0.2, 0.25) is 0 Å². The smallest absolute Gasteiger partial charge is 0.218 e. The number of methoxy groups -OCH3 is 1. The second-order valence-electron chi connectivity index (χ2n) is 7.13. The monoisotopic (exact) mass is 365 g/mol. The third-order valence-corrected chi connectivity index (χ3v) is 5.60. The molecule has 27 heavy (non-hydrogen) atoms. The number of aromatic nitrogens is 2. The van der Waals surface area contributed by atoms with Crippen molar-refractivity contribution < 1.29 is 9.47 Å². The van der Waals surface area contributed by atoms with Crippen LogP contribution < -0.4 is 10.2 Å². The molecule has 0 aliphatic carbocycles. The molecule has 1 fully saturated rings. The first-order chi connectivity index (χ1) is 13.2. The van der Waals surface area contributed by atoms with Crippen molar-refractivity contribution in [3.05, 3.63) is 54.1 Å². The lowest BCUT2D eigenvalue weighted by atomic mass is 10.00. The Hall–Kier alpha value is -2.80. The Labute approximate surface area is 158 Å². The maximum absolute atomic E-state index is 5.50. The molecule has 1 atom stereocenters. The molecule has 7 nitrogen and oxygen atoms in total. The molecule has 3 aliphatic rings. The van der Waals surface area contributed by atoms with Gasteiger partial charge in [0.25, 0.3) is 0 Å². The topological polar surface area (TPSA) is 63.9 Å². The van der Waals surface area contributed by atoms with Crippen molar-refractivity contribution in [2.75, 3.05) is 32.3 Å². The van der Waals surface area contributed by atoms with E-state index in [0.717, 1.165) is 61.5 Å². The average Bonchev–Trinajstić information content (AvgIpc) is 3.34. The van der Waals surface area contributed by atoms with Crippen LogP contribution in [0.1, 0.15) is 41.9 Å². The first-order valence-corrected chi connectivity index (χ1v) is 9.35. The van der Waals surface area contributed by atoms with Crippen molar-refractivity contribution in [3.63, 3.8) is 0 Å². The summed E-state index contributed by atoms with van der Waals surface area (Å²) in [5, 5.41) is 0. The molecule has 1 saturated heterocycles. The van der Waals surface area contributed by atoms with E-state index in [1.165, 1.54) is 5.56 Å². The third kappa shape index (κ3) is 2.70. The van der Waals surface area contributed by atoms with E-state index in [4.69, 9.17) is 14.5 Å². The number of guanidine groups is 1. The van der Waals surface area contributed by atoms with Gasteiger partial charge in [0.1, 0.15) is 17.3 Å². The number of ether oxygens (including phenoxy) is 2. The van der Waals surface area contributed by atoms with Gasteiger partial charge < -0.3 is 14.4 Å². The highest BCUT2D eigenvalue weighted by atomic mass is 16.5. The van der Waals surface area contributed by atoms with E-state index in [0.29, 0.717) is 5.92 Å². The lowest BCUT2D eigenvalue weighted by Gasteiger charge is -2.32. The molecule has 0 bridgehead atoms. The number of fused-ring (bicyclic) bond motifs is 2. The fourth-order valence-corrected chi connectivity index (χ4v) is 4.02. The maximum atomic E-state index is 5.50. The van der Waals surface area contributed by atoms with Crippen molar-refractivity contribution in [2.45, 2.75) is 24.8 Å². The normalized spacial score (nSPS) is 22.1. The fraction of sp³-hybridized carbons (Fsp3) is 0.400. The average molecular weight is 365 g/mol. The van der Waals surface area contributed by atoms with Gasteiger partial charge in [-0.1, -0.05) is 18.7 Å². The Morgan fingerprint density at radius 2 is 2.00 bits per heavy atom. The van der Waals surface area contributed by atoms with Crippen LogP contribution in [0.4, 0.5) is 0 Å². The largest absolute Gasteiger partial charge is 0.497 e. The Balaban J connectivity index is 1.43. The molecular weight excluding hydrogens is 342 g/mol. The second-order valence-corrected chi connectivity index (χ2v) is 7.13. The van der Waals surface area contributed by atoms with E-state index in [-0.39, 0.29) is 6.04 Å². The molecule has 1 aromatic carbocycles. The SMILES string of the molecule is C=C1c2cnc(C3CCOCC3)n2NC2=NC(c3ccc(OC)cc3)CN12. The van der Waals surface area contributed by atoms with Gasteiger partial charge in [-0.05, 0) is 30.5 Å². The summed E-state index contributed by atoms with van der Waals surface area (Å²) in [6, 6.07) is 8.17. The second kappa shape index (κ2) is 6.42. The molecular formula is C20H23N5O2. The van der Waals surface area contributed by atoms with Crippen molar-refractivity contribution >= 4 is 11.7 Å². The highest BCUT2D eigenvalue weighted by Gasteiger charge is 2.35. The first-order valence-electron chi connectivity index (χ1n) is 9.35. The number of aliphatic imine (C=N–C) groups is 1. The highest BCUT2D eigenvalue weighted by molar-refractivity contribution is 5.98. The van der Waals surface area contributed by atoms with Gasteiger partial charge in [-0.25, -0.2) is 14.7 Å². The van der Waals surface area contributed by atoms with E-state index >= 15 is 0 Å². The predicted molar refractivity (Wildman–Crippen MR) is 103 cm³/mol. The van der Waals surface area contributed by atoms with Gasteiger partial charge in [-0.3, -0.25) is 5.43 Å². The summed E-state index contributed by atoms with van der Waals surface area (Å²) in [6.07, 6.45) is 3.90. The lowest BCUT2D eigenvalue weighted by molar-refractivity contribution is 0.0831. The van der Waals surface area contributed by atoms with Gasteiger partial charge in [0.2, 0.25) is 5.96 Å². The minimum Gasteiger partial charge on any atom is -0.497 e. The maximum Gasteiger partial charge on any atom is 0.218 e. The number of benzene rings is 1. The van der Waals surface area contributed by atoms with E-state index in [1.807, 2.05) is 18.3 Å². The molecule has 1 unspecified atom stereocenters. The molecule has 3 aliphatic heterocycles. The Morgan fingerprint density at radius 1 is 1.22 bits per heavy atom. The molecule has 0 saturated carbocycles. The summed E-state index contributed by atoms with van der Waals surface area (Å²) < 4.78 is 12.8. The highest BCUT2D eigenvalue weighted by Crippen LogP contribution is 2.35. The van der Waals surface area contributed by atoms with Crippen LogP contribution >= 0.6 is 0 Å². The van der Waals surface area contributed by atoms with Crippen LogP contribution in [0.3, 0.4) is 0 Å². The van der Waals surface area contributed by atoms with Gasteiger partial charge in [0.05, 0.1) is 31.6 Å². The van der Waals surface area contributed by atoms with Gasteiger partial charge in [-0.15, -0.1) is 0 Å². The summed E-state index contributed by atoms with van der Waals surface area (Å²) in [5.41, 5.74) is 6.57. The number of hydrogen-bond acceptors (Lipinski definition) is 6. The molecule has 140 valence electrons. The van der Waals surface area contributed by atoms with E-state index < -0.39 is 0 Å². The molecule has 2 aromatic rings. The molecule has 4 heterocycles. The van der Waals surface area contributed by atoms with E-state index in [9.17, 15) is 0 Å². The third-order valence-electron chi connectivity index (χ3n) is 5.60. The van der Waals surface area contributed by atoms with Crippen LogP contribution in [0, 0.1) is 0 Å². The number of imidazole rings is 1. The summed E-state index contributed by atoms with van der Waals surface area (Å²) >= 11 is 0. The summed E-state index contributed by atoms with van der Waals surface area (Å²) in [4.78, 5) is 11.7. The molecule has 7 heteroatoms. The zero-order valence-corrected chi connectivity index (χ0v) is 15.4. The van der Waals surface area contributed by atoms with E-state index in [2.05, 4.69) is 38.7 Å². The quantitative estimate of drug-likeness (QED) is 0.906. The van der Waals surface area contributed by atoms with Crippen molar-refractivity contribution in [1.29, 1.82) is 0 Å². The molecule has 1 N–H and O–H groups in total. The van der Waals surface area contributed by atoms with Crippen molar-refractivity contribution in [2.24, 2.45) is 4.99 Å². The van der Waals surface area contributed by atoms with Gasteiger partial charge >= 0.3 is 0 Å². The number of rotatable bonds is 3. The molecule has 5 rings (SSSR count). The molecule has 0 amide bonds. The molecule has 1 aromatic heterocycles. The number of nitrogens with zero attached hydrogens (tertiary/aromatic N) is 4. The Kier molecular flexibility index (Phi) is 3.89. The minimum atomic E-state index is 0.0688. The fourth-order valence-electron chi connectivity index (χ4n) is 4.02. The zero-order chi connectivity index (χ0) is 18.4. The first kappa shape index (κ1) is 16.4. The Morgan fingerprint density at radius 3 is 2.74 bits per heavy atom. The van der Waals surface area contributed by atoms with Crippen LogP contribution in [0.15, 0.2) is 42.0 Å². The van der Waals surface area contributed by atoms with Gasteiger partial charge in [-0.2, -0.15) is 0 Å².